The van der Waals surface area contributed by atoms with E-state index in [0.717, 1.165) is 0 Å². The minimum atomic E-state index is -1.16. The zero-order valence-corrected chi connectivity index (χ0v) is 12.2. The zero-order chi connectivity index (χ0) is 16.0. The maximum Gasteiger partial charge on any atom is 0.253 e. The van der Waals surface area contributed by atoms with Crippen LogP contribution >= 0.6 is 0 Å². The number of aliphatic hydroxyl groups is 1. The second kappa shape index (κ2) is 6.78. The molecule has 0 bridgehead atoms. The number of pyridine rings is 1. The van der Waals surface area contributed by atoms with Gasteiger partial charge in [0.25, 0.3) is 5.91 Å². The fourth-order valence-electron chi connectivity index (χ4n) is 1.80. The first kappa shape index (κ1) is 15.6. The van der Waals surface area contributed by atoms with Crippen molar-refractivity contribution in [3.8, 4) is 12.3 Å². The van der Waals surface area contributed by atoms with Crippen LogP contribution in [0.3, 0.4) is 0 Å². The number of nitrogens with one attached hydrogen (secondary N) is 2. The van der Waals surface area contributed by atoms with Gasteiger partial charge in [-0.1, -0.05) is 5.92 Å². The van der Waals surface area contributed by atoms with Gasteiger partial charge in [-0.05, 0) is 31.2 Å². The zero-order valence-electron chi connectivity index (χ0n) is 12.2. The van der Waals surface area contributed by atoms with Crippen LogP contribution in [0.4, 0.5) is 5.82 Å². The molecule has 0 radical (unpaired) electrons. The van der Waals surface area contributed by atoms with E-state index in [2.05, 4.69) is 21.5 Å². The normalized spacial score (nSPS) is 13.0. The van der Waals surface area contributed by atoms with Crippen molar-refractivity contribution in [2.24, 2.45) is 0 Å². The lowest BCUT2D eigenvalue weighted by molar-refractivity contribution is 0.0476. The third-order valence-electron chi connectivity index (χ3n) is 3.04. The Kier molecular flexibility index (Phi) is 4.81. The van der Waals surface area contributed by atoms with Crippen LogP contribution in [0, 0.1) is 12.3 Å². The van der Waals surface area contributed by atoms with Crippen molar-refractivity contribution in [2.45, 2.75) is 12.5 Å². The van der Waals surface area contributed by atoms with Crippen molar-refractivity contribution in [1.29, 1.82) is 0 Å². The van der Waals surface area contributed by atoms with Gasteiger partial charge in [0.15, 0.2) is 0 Å². The monoisotopic (exact) mass is 299 g/mol. The quantitative estimate of drug-likeness (QED) is 0.701. The first-order valence-corrected chi connectivity index (χ1v) is 6.71. The van der Waals surface area contributed by atoms with E-state index in [9.17, 15) is 9.90 Å². The Balaban J connectivity index is 1.94. The molecule has 0 aliphatic rings. The van der Waals surface area contributed by atoms with Crippen LogP contribution in [0.15, 0.2) is 41.1 Å². The molecule has 0 saturated heterocycles. The molecule has 0 aliphatic heterocycles. The second-order valence-corrected chi connectivity index (χ2v) is 4.92. The summed E-state index contributed by atoms with van der Waals surface area (Å²) >= 11 is 0. The minimum absolute atomic E-state index is 0.171. The number of carbonyl (C=O) groups is 1. The van der Waals surface area contributed by atoms with Crippen molar-refractivity contribution in [2.75, 3.05) is 18.4 Å². The van der Waals surface area contributed by atoms with Gasteiger partial charge < -0.3 is 20.2 Å². The summed E-state index contributed by atoms with van der Waals surface area (Å²) in [5, 5.41) is 15.9. The molecule has 0 aliphatic carbocycles. The number of terminal acetylenes is 1. The molecule has 2 heterocycles. The van der Waals surface area contributed by atoms with Crippen molar-refractivity contribution in [3.63, 3.8) is 0 Å². The van der Waals surface area contributed by atoms with Gasteiger partial charge in [-0.2, -0.15) is 0 Å². The fraction of sp³-hybridized carbons (Fsp3) is 0.250. The summed E-state index contributed by atoms with van der Waals surface area (Å²) in [6, 6.07) is 6.70. The lowest BCUT2D eigenvalue weighted by Gasteiger charge is -2.21. The highest BCUT2D eigenvalue weighted by Gasteiger charge is 2.26. The summed E-state index contributed by atoms with van der Waals surface area (Å²) in [5.41, 5.74) is -0.743. The van der Waals surface area contributed by atoms with E-state index in [1.54, 1.807) is 31.2 Å². The highest BCUT2D eigenvalue weighted by atomic mass is 16.4. The van der Waals surface area contributed by atoms with E-state index < -0.39 is 5.60 Å². The average molecular weight is 299 g/mol. The van der Waals surface area contributed by atoms with E-state index >= 15 is 0 Å². The van der Waals surface area contributed by atoms with Crippen molar-refractivity contribution >= 4 is 11.7 Å². The van der Waals surface area contributed by atoms with Gasteiger partial charge in [0, 0.05) is 6.20 Å². The Labute approximate surface area is 128 Å². The maximum atomic E-state index is 11.7. The molecule has 6 heteroatoms. The Bertz CT molecular complexity index is 655. The van der Waals surface area contributed by atoms with E-state index in [1.807, 2.05) is 0 Å². The minimum Gasteiger partial charge on any atom is -0.466 e. The molecule has 0 fully saturated rings. The number of rotatable bonds is 6. The summed E-state index contributed by atoms with van der Waals surface area (Å²) in [6.07, 6.45) is 8.02. The first-order chi connectivity index (χ1) is 10.5. The molecule has 0 saturated carbocycles. The number of hydrogen-bond donors (Lipinski definition) is 3. The van der Waals surface area contributed by atoms with Crippen molar-refractivity contribution in [1.82, 2.24) is 10.3 Å². The van der Waals surface area contributed by atoms with Gasteiger partial charge in [-0.25, -0.2) is 4.98 Å². The highest BCUT2D eigenvalue weighted by Crippen LogP contribution is 2.21. The first-order valence-electron chi connectivity index (χ1n) is 6.71. The molecular formula is C16H17N3O3. The van der Waals surface area contributed by atoms with Gasteiger partial charge in [0.05, 0.1) is 24.9 Å². The van der Waals surface area contributed by atoms with E-state index in [0.29, 0.717) is 17.1 Å². The standard InChI is InChI=1S/C16H17N3O3/c1-3-8-17-15(20)12-6-7-14(18-10-12)19-11-16(2,21)13-5-4-9-22-13/h1,4-7,9-10,21H,8,11H2,2H3,(H,17,20)(H,18,19). The molecule has 22 heavy (non-hydrogen) atoms. The number of furan rings is 1. The van der Waals surface area contributed by atoms with Crippen LogP contribution in [0.25, 0.3) is 0 Å². The average Bonchev–Trinajstić information content (AvgIpc) is 3.06. The molecule has 3 N–H and O–H groups in total. The predicted octanol–water partition coefficient (Wildman–Crippen LogP) is 1.36. The number of carbonyl (C=O) groups excluding carboxylic acids is 1. The summed E-state index contributed by atoms with van der Waals surface area (Å²) in [5.74, 6) is 3.06. The lowest BCUT2D eigenvalue weighted by Crippen LogP contribution is -2.30. The third kappa shape index (κ3) is 3.87. The Morgan fingerprint density at radius 2 is 2.32 bits per heavy atom. The number of hydrogen-bond acceptors (Lipinski definition) is 5. The lowest BCUT2D eigenvalue weighted by atomic mass is 10.0. The number of amides is 1. The fourth-order valence-corrected chi connectivity index (χ4v) is 1.80. The molecule has 114 valence electrons. The Morgan fingerprint density at radius 3 is 2.91 bits per heavy atom. The third-order valence-corrected chi connectivity index (χ3v) is 3.04. The summed E-state index contributed by atoms with van der Waals surface area (Å²) in [6.45, 7) is 2.03. The predicted molar refractivity (Wildman–Crippen MR) is 82.2 cm³/mol. The van der Waals surface area contributed by atoms with E-state index in [4.69, 9.17) is 10.8 Å². The molecule has 2 aromatic rings. The van der Waals surface area contributed by atoms with Crippen LogP contribution in [-0.4, -0.2) is 29.1 Å². The van der Waals surface area contributed by atoms with Crippen LogP contribution in [0.5, 0.6) is 0 Å². The number of aromatic nitrogens is 1. The molecule has 2 rings (SSSR count). The summed E-state index contributed by atoms with van der Waals surface area (Å²) in [7, 11) is 0. The molecule has 0 spiro atoms. The molecule has 1 atom stereocenters. The highest BCUT2D eigenvalue weighted by molar-refractivity contribution is 5.94. The van der Waals surface area contributed by atoms with E-state index in [-0.39, 0.29) is 19.0 Å². The van der Waals surface area contributed by atoms with Gasteiger partial charge in [0.1, 0.15) is 17.2 Å². The second-order valence-electron chi connectivity index (χ2n) is 4.92. The molecule has 0 aromatic carbocycles. The van der Waals surface area contributed by atoms with Crippen LogP contribution in [0.1, 0.15) is 23.0 Å². The topological polar surface area (TPSA) is 87.4 Å². The summed E-state index contributed by atoms with van der Waals surface area (Å²) in [4.78, 5) is 15.8. The summed E-state index contributed by atoms with van der Waals surface area (Å²) < 4.78 is 5.20. The van der Waals surface area contributed by atoms with Gasteiger partial charge >= 0.3 is 0 Å². The van der Waals surface area contributed by atoms with Crippen molar-refractivity contribution < 1.29 is 14.3 Å². The Hall–Kier alpha value is -2.78. The van der Waals surface area contributed by atoms with Crippen LogP contribution < -0.4 is 10.6 Å². The molecule has 1 unspecified atom stereocenters. The molecule has 2 aromatic heterocycles. The smallest absolute Gasteiger partial charge is 0.253 e. The molecule has 6 nitrogen and oxygen atoms in total. The van der Waals surface area contributed by atoms with Gasteiger partial charge in [0.2, 0.25) is 0 Å². The van der Waals surface area contributed by atoms with Gasteiger partial charge in [-0.3, -0.25) is 4.79 Å². The van der Waals surface area contributed by atoms with E-state index in [1.165, 1.54) is 12.5 Å². The molecule has 1 amide bonds. The number of nitrogens with zero attached hydrogens (tertiary/aromatic N) is 1. The van der Waals surface area contributed by atoms with Gasteiger partial charge in [-0.15, -0.1) is 6.42 Å². The molecular weight excluding hydrogens is 282 g/mol. The largest absolute Gasteiger partial charge is 0.466 e. The SMILES string of the molecule is C#CCNC(=O)c1ccc(NCC(C)(O)c2ccco2)nc1. The maximum absolute atomic E-state index is 11.7. The Morgan fingerprint density at radius 1 is 1.50 bits per heavy atom. The van der Waals surface area contributed by atoms with Crippen molar-refractivity contribution in [3.05, 3.63) is 48.0 Å². The number of anilines is 1. The van der Waals surface area contributed by atoms with Crippen LogP contribution in [0.2, 0.25) is 0 Å². The van der Waals surface area contributed by atoms with Crippen LogP contribution in [-0.2, 0) is 5.60 Å².